The van der Waals surface area contributed by atoms with Crippen LogP contribution in [0.1, 0.15) is 12.5 Å². The van der Waals surface area contributed by atoms with E-state index in [4.69, 9.17) is 0 Å². The van der Waals surface area contributed by atoms with E-state index in [2.05, 4.69) is 0 Å². The molecule has 17 heavy (non-hydrogen) atoms. The first-order chi connectivity index (χ1) is 7.99. The minimum atomic E-state index is -0.171. The smallest absolute Gasteiger partial charge is 0.156 e. The van der Waals surface area contributed by atoms with E-state index < -0.39 is 0 Å². The number of hydrogen-bond donors (Lipinski definition) is 1. The third-order valence-electron chi connectivity index (χ3n) is 2.21. The van der Waals surface area contributed by atoms with E-state index in [9.17, 15) is 9.90 Å². The lowest BCUT2D eigenvalue weighted by molar-refractivity contribution is -0.112. The summed E-state index contributed by atoms with van der Waals surface area (Å²) in [6.07, 6.45) is 4.45. The average Bonchev–Trinajstić information content (AvgIpc) is 2.26. The van der Waals surface area contributed by atoms with Gasteiger partial charge >= 0.3 is 0 Å². The molecule has 1 N–H and O–H groups in total. The number of aliphatic hydroxyl groups excluding tert-OH is 1. The van der Waals surface area contributed by atoms with Crippen molar-refractivity contribution in [2.75, 3.05) is 19.0 Å². The van der Waals surface area contributed by atoms with Crippen molar-refractivity contribution in [2.24, 2.45) is 0 Å². The van der Waals surface area contributed by atoms with E-state index in [1.165, 1.54) is 19.1 Å². The molecule has 0 aromatic heterocycles. The van der Waals surface area contributed by atoms with Crippen molar-refractivity contribution >= 4 is 17.5 Å². The SMILES string of the molecule is CC(=O)C=C(O)C=Cc1ccc(N(C)C)cc1. The molecule has 1 aromatic rings. The maximum Gasteiger partial charge on any atom is 0.156 e. The quantitative estimate of drug-likeness (QED) is 0.492. The first-order valence-corrected chi connectivity index (χ1v) is 5.36. The van der Waals surface area contributed by atoms with E-state index in [1.807, 2.05) is 43.3 Å². The molecule has 0 radical (unpaired) electrons. The summed E-state index contributed by atoms with van der Waals surface area (Å²) >= 11 is 0. The number of hydrogen-bond acceptors (Lipinski definition) is 3. The third-order valence-corrected chi connectivity index (χ3v) is 2.21. The molecule has 0 heterocycles. The van der Waals surface area contributed by atoms with E-state index in [0.717, 1.165) is 11.3 Å². The number of benzene rings is 1. The average molecular weight is 231 g/mol. The van der Waals surface area contributed by atoms with Gasteiger partial charge in [-0.1, -0.05) is 18.2 Å². The minimum absolute atomic E-state index is 0.0332. The molecule has 0 aliphatic heterocycles. The Hall–Kier alpha value is -2.03. The van der Waals surface area contributed by atoms with Gasteiger partial charge in [0.2, 0.25) is 0 Å². The van der Waals surface area contributed by atoms with E-state index in [0.29, 0.717) is 0 Å². The first-order valence-electron chi connectivity index (χ1n) is 5.36. The lowest BCUT2D eigenvalue weighted by Crippen LogP contribution is -2.07. The van der Waals surface area contributed by atoms with Crippen molar-refractivity contribution in [1.29, 1.82) is 0 Å². The summed E-state index contributed by atoms with van der Waals surface area (Å²) in [6.45, 7) is 1.40. The van der Waals surface area contributed by atoms with Gasteiger partial charge in [0.25, 0.3) is 0 Å². The van der Waals surface area contributed by atoms with Gasteiger partial charge in [-0.15, -0.1) is 0 Å². The Kier molecular flexibility index (Phi) is 4.52. The minimum Gasteiger partial charge on any atom is -0.508 e. The maximum absolute atomic E-state index is 10.7. The van der Waals surface area contributed by atoms with Crippen LogP contribution in [-0.4, -0.2) is 25.0 Å². The number of ketones is 1. The Morgan fingerprint density at radius 1 is 1.24 bits per heavy atom. The predicted molar refractivity (Wildman–Crippen MR) is 71.2 cm³/mol. The molecule has 0 aliphatic carbocycles. The monoisotopic (exact) mass is 231 g/mol. The van der Waals surface area contributed by atoms with Crippen LogP contribution in [-0.2, 0) is 4.79 Å². The summed E-state index contributed by atoms with van der Waals surface area (Å²) in [4.78, 5) is 12.7. The summed E-state index contributed by atoms with van der Waals surface area (Å²) in [5, 5.41) is 9.37. The fourth-order valence-corrected chi connectivity index (χ4v) is 1.32. The number of anilines is 1. The Balaban J connectivity index is 2.76. The van der Waals surface area contributed by atoms with Gasteiger partial charge in [0.1, 0.15) is 5.76 Å². The highest BCUT2D eigenvalue weighted by Gasteiger charge is 1.94. The lowest BCUT2D eigenvalue weighted by atomic mass is 10.2. The van der Waals surface area contributed by atoms with E-state index >= 15 is 0 Å². The summed E-state index contributed by atoms with van der Waals surface area (Å²) in [5.41, 5.74) is 2.09. The van der Waals surface area contributed by atoms with Gasteiger partial charge in [0.05, 0.1) is 0 Å². The van der Waals surface area contributed by atoms with Gasteiger partial charge in [0, 0.05) is 25.9 Å². The van der Waals surface area contributed by atoms with Crippen molar-refractivity contribution < 1.29 is 9.90 Å². The van der Waals surface area contributed by atoms with E-state index in [1.54, 1.807) is 6.08 Å². The Morgan fingerprint density at radius 2 is 1.82 bits per heavy atom. The second-order valence-corrected chi connectivity index (χ2v) is 4.00. The molecule has 3 heteroatoms. The van der Waals surface area contributed by atoms with Crippen molar-refractivity contribution in [3.63, 3.8) is 0 Å². The summed E-state index contributed by atoms with van der Waals surface area (Å²) in [7, 11) is 3.96. The highest BCUT2D eigenvalue weighted by Crippen LogP contribution is 2.13. The topological polar surface area (TPSA) is 40.5 Å². The zero-order valence-corrected chi connectivity index (χ0v) is 10.3. The van der Waals surface area contributed by atoms with Crippen LogP contribution >= 0.6 is 0 Å². The number of aliphatic hydroxyl groups is 1. The third kappa shape index (κ3) is 4.55. The largest absolute Gasteiger partial charge is 0.508 e. The van der Waals surface area contributed by atoms with Crippen LogP contribution < -0.4 is 4.90 Å². The first kappa shape index (κ1) is 13.0. The Bertz CT molecular complexity index is 442. The van der Waals surface area contributed by atoms with Crippen LogP contribution in [0.2, 0.25) is 0 Å². The zero-order chi connectivity index (χ0) is 12.8. The van der Waals surface area contributed by atoms with Crippen molar-refractivity contribution in [3.8, 4) is 0 Å². The van der Waals surface area contributed by atoms with Crippen LogP contribution in [0.25, 0.3) is 6.08 Å². The molecule has 1 aromatic carbocycles. The molecule has 0 atom stereocenters. The molecule has 1 rings (SSSR count). The van der Waals surface area contributed by atoms with Gasteiger partial charge in [-0.25, -0.2) is 0 Å². The molecule has 90 valence electrons. The van der Waals surface area contributed by atoms with Crippen LogP contribution in [0.4, 0.5) is 5.69 Å². The van der Waals surface area contributed by atoms with Gasteiger partial charge in [-0.05, 0) is 30.7 Å². The number of allylic oxidation sites excluding steroid dienone is 2. The lowest BCUT2D eigenvalue weighted by Gasteiger charge is -2.11. The van der Waals surface area contributed by atoms with Gasteiger partial charge in [-0.2, -0.15) is 0 Å². The molecule has 0 bridgehead atoms. The van der Waals surface area contributed by atoms with Gasteiger partial charge in [0.15, 0.2) is 5.78 Å². The van der Waals surface area contributed by atoms with Gasteiger partial charge in [-0.3, -0.25) is 4.79 Å². The Morgan fingerprint density at radius 3 is 2.29 bits per heavy atom. The van der Waals surface area contributed by atoms with E-state index in [-0.39, 0.29) is 11.5 Å². The summed E-state index contributed by atoms with van der Waals surface area (Å²) < 4.78 is 0. The molecule has 0 saturated carbocycles. The second kappa shape index (κ2) is 5.89. The summed E-state index contributed by atoms with van der Waals surface area (Å²) in [5.74, 6) is -0.204. The number of carbonyl (C=O) groups excluding carboxylic acids is 1. The molecule has 3 nitrogen and oxygen atoms in total. The second-order valence-electron chi connectivity index (χ2n) is 4.00. The number of carbonyl (C=O) groups is 1. The maximum atomic E-state index is 10.7. The van der Waals surface area contributed by atoms with Gasteiger partial charge < -0.3 is 10.0 Å². The highest BCUT2D eigenvalue weighted by atomic mass is 16.3. The van der Waals surface area contributed by atoms with Crippen LogP contribution in [0.5, 0.6) is 0 Å². The molecular weight excluding hydrogens is 214 g/mol. The van der Waals surface area contributed by atoms with Crippen molar-refractivity contribution in [3.05, 3.63) is 47.7 Å². The number of rotatable bonds is 4. The fourth-order valence-electron chi connectivity index (χ4n) is 1.32. The van der Waals surface area contributed by atoms with Crippen LogP contribution in [0.3, 0.4) is 0 Å². The molecule has 0 saturated heterocycles. The fraction of sp³-hybridized carbons (Fsp3) is 0.214. The molecule has 0 fully saturated rings. The normalized spacial score (nSPS) is 11.8. The molecule has 0 unspecified atom stereocenters. The molecule has 0 amide bonds. The number of nitrogens with zero attached hydrogens (tertiary/aromatic N) is 1. The molecule has 0 aliphatic rings. The Labute approximate surface area is 102 Å². The molecule has 0 spiro atoms. The van der Waals surface area contributed by atoms with Crippen LogP contribution in [0.15, 0.2) is 42.2 Å². The predicted octanol–water partition coefficient (Wildman–Crippen LogP) is 2.80. The standard InChI is InChI=1S/C14H17NO2/c1-11(16)10-14(17)9-6-12-4-7-13(8-5-12)15(2)3/h4-10,17H,1-3H3. The van der Waals surface area contributed by atoms with Crippen molar-refractivity contribution in [2.45, 2.75) is 6.92 Å². The summed E-state index contributed by atoms with van der Waals surface area (Å²) in [6, 6.07) is 7.89. The van der Waals surface area contributed by atoms with Crippen LogP contribution in [0, 0.1) is 0 Å². The zero-order valence-electron chi connectivity index (χ0n) is 10.3. The molecular formula is C14H17NO2. The highest BCUT2D eigenvalue weighted by molar-refractivity contribution is 5.88. The van der Waals surface area contributed by atoms with Crippen molar-refractivity contribution in [1.82, 2.24) is 0 Å².